The summed E-state index contributed by atoms with van der Waals surface area (Å²) in [5.74, 6) is -0.0711. The molecular weight excluding hydrogens is 554 g/mol. The molecule has 0 radical (unpaired) electrons. The van der Waals surface area contributed by atoms with Crippen LogP contribution in [-0.4, -0.2) is 64.6 Å². The number of nitrogens with zero attached hydrogens (tertiary/aromatic N) is 7. The molecule has 3 aromatic rings. The Morgan fingerprint density at radius 2 is 1.22 bits per heavy atom. The van der Waals surface area contributed by atoms with Crippen molar-refractivity contribution in [3.05, 3.63) is 103 Å². The van der Waals surface area contributed by atoms with Crippen molar-refractivity contribution in [1.29, 1.82) is 0 Å². The number of pyridine rings is 2. The lowest BCUT2D eigenvalue weighted by Crippen LogP contribution is -2.37. The molecule has 0 bridgehead atoms. The molecule has 1 N–H and O–H groups in total. The van der Waals surface area contributed by atoms with Gasteiger partial charge >= 0.3 is 11.4 Å². The van der Waals surface area contributed by atoms with Crippen molar-refractivity contribution in [3.8, 4) is 5.75 Å². The van der Waals surface area contributed by atoms with E-state index in [1.165, 1.54) is 50.2 Å². The average molecular weight is 584 g/mol. The summed E-state index contributed by atoms with van der Waals surface area (Å²) in [5.41, 5.74) is -0.506. The lowest BCUT2D eigenvalue weighted by molar-refractivity contribution is -0.404. The number of aromatic hydroxyl groups is 1. The van der Waals surface area contributed by atoms with Crippen LogP contribution in [0.3, 0.4) is 0 Å². The zero-order chi connectivity index (χ0) is 29.4. The summed E-state index contributed by atoms with van der Waals surface area (Å²) in [7, 11) is 0. The zero-order valence-corrected chi connectivity index (χ0v) is 22.8. The van der Waals surface area contributed by atoms with E-state index in [0.717, 1.165) is 13.1 Å². The van der Waals surface area contributed by atoms with Gasteiger partial charge in [0, 0.05) is 73.9 Å². The average Bonchev–Trinajstić information content (AvgIpc) is 2.98. The SMILES string of the molecule is O=[N+]([O-])c1cc([N+](=O)[O-])c(O)c([N+](=O)[O-])c1.c1ccc(C2CCCN(SN3CCCC(c4ccccn4)C3)C2)nc1. The molecule has 2 atom stereocenters. The maximum absolute atomic E-state index is 10.4. The number of nitro benzene ring substituents is 3. The molecule has 2 saturated heterocycles. The van der Waals surface area contributed by atoms with Gasteiger partial charge in [-0.2, -0.15) is 0 Å². The fourth-order valence-corrected chi connectivity index (χ4v) is 6.13. The summed E-state index contributed by atoms with van der Waals surface area (Å²) in [6.45, 7) is 4.57. The van der Waals surface area contributed by atoms with E-state index in [-0.39, 0.29) is 0 Å². The minimum atomic E-state index is -1.21. The molecular formula is C26H29N7O7S. The predicted octanol–water partition coefficient (Wildman–Crippen LogP) is 5.22. The van der Waals surface area contributed by atoms with Crippen LogP contribution in [-0.2, 0) is 0 Å². The van der Waals surface area contributed by atoms with Gasteiger partial charge in [0.1, 0.15) is 0 Å². The van der Waals surface area contributed by atoms with Gasteiger partial charge in [-0.3, -0.25) is 40.3 Å². The first-order valence-corrected chi connectivity index (χ1v) is 13.8. The minimum Gasteiger partial charge on any atom is -0.497 e. The normalized spacial score (nSPS) is 19.5. The molecule has 2 aliphatic rings. The predicted molar refractivity (Wildman–Crippen MR) is 151 cm³/mol. The third-order valence-electron chi connectivity index (χ3n) is 6.87. The number of non-ortho nitro benzene ring substituents is 1. The van der Waals surface area contributed by atoms with Crippen LogP contribution < -0.4 is 0 Å². The summed E-state index contributed by atoms with van der Waals surface area (Å²) in [6, 6.07) is 13.5. The molecule has 2 unspecified atom stereocenters. The van der Waals surface area contributed by atoms with E-state index < -0.39 is 37.6 Å². The number of phenolic OH excluding ortho intramolecular Hbond substituents is 1. The molecule has 2 aliphatic heterocycles. The van der Waals surface area contributed by atoms with Crippen molar-refractivity contribution in [2.24, 2.45) is 0 Å². The zero-order valence-electron chi connectivity index (χ0n) is 22.0. The Kier molecular flexibility index (Phi) is 10.1. The van der Waals surface area contributed by atoms with Crippen LogP contribution in [0.15, 0.2) is 60.9 Å². The van der Waals surface area contributed by atoms with Crippen LogP contribution in [0.25, 0.3) is 0 Å². The van der Waals surface area contributed by atoms with Gasteiger partial charge in [-0.15, -0.1) is 0 Å². The quantitative estimate of drug-likeness (QED) is 0.218. The topological polar surface area (TPSA) is 182 Å². The molecule has 0 spiro atoms. The number of hydrogen-bond acceptors (Lipinski definition) is 12. The minimum absolute atomic E-state index is 0.447. The summed E-state index contributed by atoms with van der Waals surface area (Å²) < 4.78 is 5.09. The Morgan fingerprint density at radius 3 is 1.59 bits per heavy atom. The lowest BCUT2D eigenvalue weighted by atomic mass is 9.96. The third kappa shape index (κ3) is 7.93. The van der Waals surface area contributed by atoms with Gasteiger partial charge in [0.25, 0.3) is 11.4 Å². The summed E-state index contributed by atoms with van der Waals surface area (Å²) in [5, 5.41) is 40.2. The number of benzene rings is 1. The van der Waals surface area contributed by atoms with E-state index in [9.17, 15) is 30.3 Å². The van der Waals surface area contributed by atoms with Crippen LogP contribution in [0.2, 0.25) is 0 Å². The molecule has 216 valence electrons. The molecule has 5 rings (SSSR count). The van der Waals surface area contributed by atoms with Crippen molar-refractivity contribution in [3.63, 3.8) is 0 Å². The maximum atomic E-state index is 10.4. The number of hydrogen-bond donors (Lipinski definition) is 1. The second-order valence-electron chi connectivity index (χ2n) is 9.65. The number of phenols is 1. The first kappa shape index (κ1) is 29.8. The van der Waals surface area contributed by atoms with Crippen LogP contribution >= 0.6 is 12.1 Å². The van der Waals surface area contributed by atoms with E-state index >= 15 is 0 Å². The van der Waals surface area contributed by atoms with Crippen molar-refractivity contribution in [2.75, 3.05) is 26.2 Å². The van der Waals surface area contributed by atoms with Crippen LogP contribution in [0.4, 0.5) is 17.1 Å². The molecule has 1 aromatic carbocycles. The molecule has 2 fully saturated rings. The van der Waals surface area contributed by atoms with Gasteiger partial charge in [0.05, 0.1) is 26.9 Å². The van der Waals surface area contributed by atoms with E-state index in [4.69, 9.17) is 5.11 Å². The summed E-state index contributed by atoms with van der Waals surface area (Å²) in [6.07, 6.45) is 8.86. The first-order valence-electron chi connectivity index (χ1n) is 13.0. The van der Waals surface area contributed by atoms with E-state index in [1.54, 1.807) is 0 Å². The maximum Gasteiger partial charge on any atom is 0.324 e. The molecule has 4 heterocycles. The highest BCUT2D eigenvalue weighted by Gasteiger charge is 2.30. The second kappa shape index (κ2) is 13.9. The largest absolute Gasteiger partial charge is 0.497 e. The third-order valence-corrected chi connectivity index (χ3v) is 8.00. The Morgan fingerprint density at radius 1 is 0.756 bits per heavy atom. The highest BCUT2D eigenvalue weighted by Crippen LogP contribution is 2.39. The molecule has 0 saturated carbocycles. The number of nitro groups is 3. The number of aromatic nitrogens is 2. The molecule has 0 aliphatic carbocycles. The molecule has 14 nitrogen and oxygen atoms in total. The fourth-order valence-electron chi connectivity index (χ4n) is 4.89. The van der Waals surface area contributed by atoms with E-state index in [1.807, 2.05) is 36.7 Å². The molecule has 15 heteroatoms. The van der Waals surface area contributed by atoms with Gasteiger partial charge in [-0.05, 0) is 49.9 Å². The van der Waals surface area contributed by atoms with Gasteiger partial charge in [-0.1, -0.05) is 12.1 Å². The standard InChI is InChI=1S/C20H26N4S.C6H3N3O7/c1-3-11-21-19(9-1)17-7-5-13-23(15-17)25-24-14-6-8-18(16-24)20-10-2-4-12-22-20;10-6-4(8(13)14)1-3(7(11)12)2-5(6)9(15)16/h1-4,9-12,17-18H,5-8,13-16H2;1-2,10H. The van der Waals surface area contributed by atoms with Crippen LogP contribution in [0.5, 0.6) is 5.75 Å². The van der Waals surface area contributed by atoms with Gasteiger partial charge in [0.15, 0.2) is 0 Å². The smallest absolute Gasteiger partial charge is 0.324 e. The van der Waals surface area contributed by atoms with Crippen LogP contribution in [0, 0.1) is 30.3 Å². The van der Waals surface area contributed by atoms with Crippen LogP contribution in [0.1, 0.15) is 48.9 Å². The Labute approximate surface area is 239 Å². The van der Waals surface area contributed by atoms with Gasteiger partial charge in [-0.25, -0.2) is 8.61 Å². The number of rotatable bonds is 7. The van der Waals surface area contributed by atoms with Crippen molar-refractivity contribution < 1.29 is 19.9 Å². The lowest BCUT2D eigenvalue weighted by Gasteiger charge is -2.38. The number of piperidine rings is 2. The summed E-state index contributed by atoms with van der Waals surface area (Å²) in [4.78, 5) is 36.9. The van der Waals surface area contributed by atoms with E-state index in [2.05, 4.69) is 42.8 Å². The molecule has 0 amide bonds. The molecule has 41 heavy (non-hydrogen) atoms. The highest BCUT2D eigenvalue weighted by molar-refractivity contribution is 7.94. The second-order valence-corrected chi connectivity index (χ2v) is 10.8. The van der Waals surface area contributed by atoms with Gasteiger partial charge in [0.2, 0.25) is 0 Å². The monoisotopic (exact) mass is 583 g/mol. The molecule has 2 aromatic heterocycles. The fraction of sp³-hybridized carbons (Fsp3) is 0.385. The van der Waals surface area contributed by atoms with E-state index in [0.29, 0.717) is 24.0 Å². The first-order chi connectivity index (χ1) is 19.7. The Balaban J connectivity index is 0.000000210. The van der Waals surface area contributed by atoms with Crippen molar-refractivity contribution >= 4 is 29.2 Å². The van der Waals surface area contributed by atoms with Crippen molar-refractivity contribution in [1.82, 2.24) is 18.6 Å². The Hall–Kier alpha value is -4.21. The summed E-state index contributed by atoms with van der Waals surface area (Å²) >= 11 is 1.95. The highest BCUT2D eigenvalue weighted by atomic mass is 32.2. The van der Waals surface area contributed by atoms with Crippen molar-refractivity contribution in [2.45, 2.75) is 37.5 Å². The van der Waals surface area contributed by atoms with Gasteiger partial charge < -0.3 is 5.11 Å². The Bertz CT molecular complexity index is 1270.